The van der Waals surface area contributed by atoms with E-state index in [2.05, 4.69) is 21.2 Å². The monoisotopic (exact) mass is 472 g/mol. The second-order valence-electron chi connectivity index (χ2n) is 7.04. The van der Waals surface area contributed by atoms with Crippen LogP contribution < -0.4 is 14.8 Å². The lowest BCUT2D eigenvalue weighted by atomic mass is 10.1. The van der Waals surface area contributed by atoms with Crippen molar-refractivity contribution in [1.82, 2.24) is 5.32 Å². The Morgan fingerprint density at radius 2 is 2.07 bits per heavy atom. The summed E-state index contributed by atoms with van der Waals surface area (Å²) in [5, 5.41) is 12.4. The second-order valence-corrected chi connectivity index (χ2v) is 7.89. The number of amides is 1. The van der Waals surface area contributed by atoms with Crippen LogP contribution in [-0.2, 0) is 11.4 Å². The molecule has 0 atom stereocenters. The van der Waals surface area contributed by atoms with Gasteiger partial charge in [0, 0.05) is 11.6 Å². The molecule has 30 heavy (non-hydrogen) atoms. The highest BCUT2D eigenvalue weighted by Gasteiger charge is 2.20. The number of halogens is 2. The smallest absolute Gasteiger partial charge is 0.262 e. The summed E-state index contributed by atoms with van der Waals surface area (Å²) in [6.45, 7) is 0.0318. The van der Waals surface area contributed by atoms with Gasteiger partial charge in [0.25, 0.3) is 5.91 Å². The SMILES string of the molecule is COc1cc(/C=C(/C#N)C(=O)NC2CCCC2)cc(Br)c1OCc1ccccc1F. The predicted molar refractivity (Wildman–Crippen MR) is 115 cm³/mol. The van der Waals surface area contributed by atoms with E-state index in [1.54, 1.807) is 30.3 Å². The number of hydrogen-bond donors (Lipinski definition) is 1. The summed E-state index contributed by atoms with van der Waals surface area (Å²) < 4.78 is 25.6. The van der Waals surface area contributed by atoms with E-state index in [-0.39, 0.29) is 29.9 Å². The van der Waals surface area contributed by atoms with Crippen LogP contribution in [-0.4, -0.2) is 19.1 Å². The fraction of sp³-hybridized carbons (Fsp3) is 0.304. The van der Waals surface area contributed by atoms with Gasteiger partial charge in [-0.3, -0.25) is 4.79 Å². The van der Waals surface area contributed by atoms with Gasteiger partial charge in [-0.05, 0) is 58.6 Å². The number of nitrogens with zero attached hydrogens (tertiary/aromatic N) is 1. The Morgan fingerprint density at radius 3 is 2.73 bits per heavy atom. The summed E-state index contributed by atoms with van der Waals surface area (Å²) in [4.78, 5) is 12.4. The van der Waals surface area contributed by atoms with Gasteiger partial charge in [-0.1, -0.05) is 31.0 Å². The molecule has 156 valence electrons. The Bertz CT molecular complexity index is 994. The molecule has 5 nitrogen and oxygen atoms in total. The first-order chi connectivity index (χ1) is 14.5. The molecule has 0 heterocycles. The van der Waals surface area contributed by atoms with Crippen LogP contribution in [0.15, 0.2) is 46.4 Å². The van der Waals surface area contributed by atoms with Gasteiger partial charge in [0.2, 0.25) is 0 Å². The number of nitriles is 1. The van der Waals surface area contributed by atoms with Gasteiger partial charge in [-0.2, -0.15) is 5.26 Å². The molecule has 1 N–H and O–H groups in total. The number of ether oxygens (including phenoxy) is 2. The number of carbonyl (C=O) groups excluding carboxylic acids is 1. The Morgan fingerprint density at radius 1 is 1.33 bits per heavy atom. The van der Waals surface area contributed by atoms with E-state index >= 15 is 0 Å². The molecule has 0 radical (unpaired) electrons. The zero-order chi connectivity index (χ0) is 21.5. The van der Waals surface area contributed by atoms with Gasteiger partial charge in [-0.25, -0.2) is 4.39 Å². The maximum Gasteiger partial charge on any atom is 0.262 e. The van der Waals surface area contributed by atoms with E-state index in [1.165, 1.54) is 19.3 Å². The molecule has 0 unspecified atom stereocenters. The number of rotatable bonds is 7. The second kappa shape index (κ2) is 10.3. The van der Waals surface area contributed by atoms with Gasteiger partial charge >= 0.3 is 0 Å². The predicted octanol–water partition coefficient (Wildman–Crippen LogP) is 5.14. The third-order valence-electron chi connectivity index (χ3n) is 4.95. The number of nitrogens with one attached hydrogen (secondary N) is 1. The van der Waals surface area contributed by atoms with E-state index < -0.39 is 0 Å². The molecule has 2 aromatic carbocycles. The normalized spacial score (nSPS) is 14.3. The van der Waals surface area contributed by atoms with Crippen molar-refractivity contribution in [2.45, 2.75) is 38.3 Å². The summed E-state index contributed by atoms with van der Waals surface area (Å²) in [6, 6.07) is 11.9. The minimum Gasteiger partial charge on any atom is -0.493 e. The molecule has 3 rings (SSSR count). The number of methoxy groups -OCH3 is 1. The van der Waals surface area contributed by atoms with Gasteiger partial charge in [-0.15, -0.1) is 0 Å². The molecule has 1 amide bonds. The number of hydrogen-bond acceptors (Lipinski definition) is 4. The molecule has 0 aliphatic heterocycles. The minimum atomic E-state index is -0.376. The molecule has 2 aromatic rings. The van der Waals surface area contributed by atoms with Gasteiger partial charge in [0.15, 0.2) is 11.5 Å². The summed E-state index contributed by atoms with van der Waals surface area (Å²) in [5.41, 5.74) is 1.05. The first-order valence-electron chi connectivity index (χ1n) is 9.68. The van der Waals surface area contributed by atoms with Gasteiger partial charge < -0.3 is 14.8 Å². The van der Waals surface area contributed by atoms with Crippen LogP contribution in [0.5, 0.6) is 11.5 Å². The molecular formula is C23H22BrFN2O3. The molecule has 0 aromatic heterocycles. The standard InChI is InChI=1S/C23H22BrFN2O3/c1-29-21-12-15(10-17(13-26)23(28)27-18-7-3-4-8-18)11-19(24)22(21)30-14-16-6-2-5-9-20(16)25/h2,5-6,9-12,18H,3-4,7-8,14H2,1H3,(H,27,28)/b17-10-. The Hall–Kier alpha value is -2.85. The number of benzene rings is 2. The van der Waals surface area contributed by atoms with Crippen molar-refractivity contribution in [3.8, 4) is 17.6 Å². The van der Waals surface area contributed by atoms with Crippen molar-refractivity contribution in [3.63, 3.8) is 0 Å². The molecule has 0 saturated heterocycles. The van der Waals surface area contributed by atoms with Gasteiger partial charge in [0.05, 0.1) is 11.6 Å². The van der Waals surface area contributed by atoms with Crippen molar-refractivity contribution in [1.29, 1.82) is 5.26 Å². The van der Waals surface area contributed by atoms with Crippen molar-refractivity contribution < 1.29 is 18.7 Å². The lowest BCUT2D eigenvalue weighted by Crippen LogP contribution is -2.33. The van der Waals surface area contributed by atoms with E-state index in [4.69, 9.17) is 9.47 Å². The average molecular weight is 473 g/mol. The van der Waals surface area contributed by atoms with Crippen molar-refractivity contribution in [3.05, 3.63) is 63.4 Å². The molecule has 0 bridgehead atoms. The van der Waals surface area contributed by atoms with Crippen LogP contribution in [0.2, 0.25) is 0 Å². The highest BCUT2D eigenvalue weighted by atomic mass is 79.9. The molecular weight excluding hydrogens is 451 g/mol. The fourth-order valence-corrected chi connectivity index (χ4v) is 3.95. The average Bonchev–Trinajstić information content (AvgIpc) is 3.24. The first kappa shape index (κ1) is 21.8. The van der Waals surface area contributed by atoms with Crippen molar-refractivity contribution in [2.24, 2.45) is 0 Å². The number of carbonyl (C=O) groups is 1. The molecule has 1 aliphatic carbocycles. The van der Waals surface area contributed by atoms with Crippen LogP contribution in [0.25, 0.3) is 6.08 Å². The van der Waals surface area contributed by atoms with E-state index in [0.29, 0.717) is 27.1 Å². The highest BCUT2D eigenvalue weighted by molar-refractivity contribution is 9.10. The fourth-order valence-electron chi connectivity index (χ4n) is 3.38. The topological polar surface area (TPSA) is 71.3 Å². The van der Waals surface area contributed by atoms with E-state index in [0.717, 1.165) is 25.7 Å². The lowest BCUT2D eigenvalue weighted by Gasteiger charge is -2.14. The maximum absolute atomic E-state index is 13.8. The molecule has 1 saturated carbocycles. The zero-order valence-electron chi connectivity index (χ0n) is 16.6. The Kier molecular flexibility index (Phi) is 7.47. The molecule has 1 aliphatic rings. The third kappa shape index (κ3) is 5.39. The van der Waals surface area contributed by atoms with Crippen molar-refractivity contribution in [2.75, 3.05) is 7.11 Å². The summed E-state index contributed by atoms with van der Waals surface area (Å²) in [5.74, 6) is 0.0886. The van der Waals surface area contributed by atoms with E-state index in [1.807, 2.05) is 6.07 Å². The summed E-state index contributed by atoms with van der Waals surface area (Å²) in [7, 11) is 1.49. The minimum absolute atomic E-state index is 0.0240. The lowest BCUT2D eigenvalue weighted by molar-refractivity contribution is -0.117. The maximum atomic E-state index is 13.8. The van der Waals surface area contributed by atoms with Crippen LogP contribution in [0, 0.1) is 17.1 Å². The molecule has 1 fully saturated rings. The Balaban J connectivity index is 1.79. The molecule has 7 heteroatoms. The van der Waals surface area contributed by atoms with Crippen molar-refractivity contribution >= 4 is 27.9 Å². The van der Waals surface area contributed by atoms with Crippen LogP contribution >= 0.6 is 15.9 Å². The van der Waals surface area contributed by atoms with E-state index in [9.17, 15) is 14.4 Å². The van der Waals surface area contributed by atoms with Crippen LogP contribution in [0.1, 0.15) is 36.8 Å². The van der Waals surface area contributed by atoms with Crippen LogP contribution in [0.4, 0.5) is 4.39 Å². The Labute approximate surface area is 183 Å². The molecule has 0 spiro atoms. The third-order valence-corrected chi connectivity index (χ3v) is 5.54. The van der Waals surface area contributed by atoms with Crippen LogP contribution in [0.3, 0.4) is 0 Å². The first-order valence-corrected chi connectivity index (χ1v) is 10.5. The highest BCUT2D eigenvalue weighted by Crippen LogP contribution is 2.38. The van der Waals surface area contributed by atoms with Gasteiger partial charge in [0.1, 0.15) is 24.1 Å². The zero-order valence-corrected chi connectivity index (χ0v) is 18.2. The quantitative estimate of drug-likeness (QED) is 0.447. The summed E-state index contributed by atoms with van der Waals surface area (Å²) in [6.07, 6.45) is 5.58. The largest absolute Gasteiger partial charge is 0.493 e. The summed E-state index contributed by atoms with van der Waals surface area (Å²) >= 11 is 3.44.